The van der Waals surface area contributed by atoms with Crippen molar-refractivity contribution in [2.45, 2.75) is 31.1 Å². The molecular formula is C23H33N3O3S. The lowest BCUT2D eigenvalue weighted by Crippen LogP contribution is -2.47. The summed E-state index contributed by atoms with van der Waals surface area (Å²) >= 11 is 0. The van der Waals surface area contributed by atoms with E-state index in [2.05, 4.69) is 34.4 Å². The van der Waals surface area contributed by atoms with Crippen LogP contribution in [0.25, 0.3) is 0 Å². The third kappa shape index (κ3) is 5.74. The van der Waals surface area contributed by atoms with Gasteiger partial charge >= 0.3 is 0 Å². The first-order valence-corrected chi connectivity index (χ1v) is 12.1. The third-order valence-electron chi connectivity index (χ3n) is 5.60. The highest BCUT2D eigenvalue weighted by Crippen LogP contribution is 2.28. The second-order valence-corrected chi connectivity index (χ2v) is 9.74. The average molecular weight is 432 g/mol. The van der Waals surface area contributed by atoms with Gasteiger partial charge in [0, 0.05) is 32.7 Å². The first kappa shape index (κ1) is 22.6. The van der Waals surface area contributed by atoms with E-state index in [1.165, 1.54) is 0 Å². The third-order valence-corrected chi connectivity index (χ3v) is 7.08. The van der Waals surface area contributed by atoms with Gasteiger partial charge < -0.3 is 9.64 Å². The monoisotopic (exact) mass is 431 g/mol. The van der Waals surface area contributed by atoms with Gasteiger partial charge in [-0.1, -0.05) is 38.1 Å². The van der Waals surface area contributed by atoms with Crippen LogP contribution in [0.4, 0.5) is 5.69 Å². The minimum Gasteiger partial charge on any atom is -0.495 e. The molecule has 6 nitrogen and oxygen atoms in total. The molecule has 0 spiro atoms. The van der Waals surface area contributed by atoms with Crippen LogP contribution in [-0.4, -0.2) is 59.7 Å². The normalized spacial score (nSPS) is 15.5. The van der Waals surface area contributed by atoms with E-state index >= 15 is 0 Å². The summed E-state index contributed by atoms with van der Waals surface area (Å²) < 4.78 is 33.2. The summed E-state index contributed by atoms with van der Waals surface area (Å²) in [5.74, 6) is 1.29. The number of rotatable bonds is 9. The maximum atomic E-state index is 12.5. The van der Waals surface area contributed by atoms with Crippen LogP contribution in [0.2, 0.25) is 0 Å². The fourth-order valence-electron chi connectivity index (χ4n) is 3.73. The summed E-state index contributed by atoms with van der Waals surface area (Å²) in [4.78, 5) is 5.06. The van der Waals surface area contributed by atoms with Crippen molar-refractivity contribution in [3.63, 3.8) is 0 Å². The molecule has 1 fully saturated rings. The van der Waals surface area contributed by atoms with Crippen LogP contribution in [-0.2, 0) is 10.0 Å². The number of piperazine rings is 1. The minimum absolute atomic E-state index is 0.331. The molecule has 0 radical (unpaired) electrons. The van der Waals surface area contributed by atoms with Crippen molar-refractivity contribution >= 4 is 15.7 Å². The second-order valence-electron chi connectivity index (χ2n) is 7.98. The molecule has 0 unspecified atom stereocenters. The molecule has 2 aromatic carbocycles. The molecule has 1 saturated heterocycles. The van der Waals surface area contributed by atoms with Gasteiger partial charge in [0.05, 0.1) is 17.7 Å². The lowest BCUT2D eigenvalue weighted by molar-refractivity contribution is 0.254. The van der Waals surface area contributed by atoms with Gasteiger partial charge in [-0.3, -0.25) is 4.90 Å². The number of nitrogens with one attached hydrogen (secondary N) is 1. The fourth-order valence-corrected chi connectivity index (χ4v) is 4.80. The van der Waals surface area contributed by atoms with Gasteiger partial charge in [0.2, 0.25) is 10.0 Å². The molecular weight excluding hydrogens is 398 g/mol. The van der Waals surface area contributed by atoms with Crippen LogP contribution >= 0.6 is 0 Å². The van der Waals surface area contributed by atoms with Gasteiger partial charge in [0.15, 0.2) is 0 Å². The lowest BCUT2D eigenvalue weighted by atomic mass is 10.0. The van der Waals surface area contributed by atoms with Gasteiger partial charge in [0.1, 0.15) is 5.75 Å². The zero-order chi connectivity index (χ0) is 21.6. The molecule has 3 rings (SSSR count). The summed E-state index contributed by atoms with van der Waals surface area (Å²) in [6.07, 6.45) is 0.790. The SMILES string of the molecule is COc1ccccc1N1CCN(CCCNS(=O)(=O)c2ccc(C(C)C)cc2)CC1. The molecule has 7 heteroatoms. The Bertz CT molecular complexity index is 906. The van der Waals surface area contributed by atoms with E-state index in [1.807, 2.05) is 30.3 Å². The molecule has 2 aromatic rings. The molecule has 0 aromatic heterocycles. The number of anilines is 1. The summed E-state index contributed by atoms with van der Waals surface area (Å²) in [5, 5.41) is 0. The minimum atomic E-state index is -3.45. The van der Waals surface area contributed by atoms with Crippen LogP contribution in [0.5, 0.6) is 5.75 Å². The predicted molar refractivity (Wildman–Crippen MR) is 122 cm³/mol. The Morgan fingerprint density at radius 3 is 2.30 bits per heavy atom. The van der Waals surface area contributed by atoms with E-state index in [9.17, 15) is 8.42 Å². The van der Waals surface area contributed by atoms with Crippen LogP contribution in [0.3, 0.4) is 0 Å². The molecule has 164 valence electrons. The lowest BCUT2D eigenvalue weighted by Gasteiger charge is -2.36. The predicted octanol–water partition coefficient (Wildman–Crippen LogP) is 3.31. The van der Waals surface area contributed by atoms with E-state index in [0.29, 0.717) is 17.4 Å². The highest BCUT2D eigenvalue weighted by molar-refractivity contribution is 7.89. The van der Waals surface area contributed by atoms with Crippen molar-refractivity contribution in [2.75, 3.05) is 51.3 Å². The van der Waals surface area contributed by atoms with E-state index in [-0.39, 0.29) is 0 Å². The topological polar surface area (TPSA) is 61.9 Å². The summed E-state index contributed by atoms with van der Waals surface area (Å²) in [7, 11) is -1.75. The maximum absolute atomic E-state index is 12.5. The number of para-hydroxylation sites is 2. The summed E-state index contributed by atoms with van der Waals surface area (Å²) in [6.45, 7) is 9.32. The molecule has 0 saturated carbocycles. The van der Waals surface area contributed by atoms with Gasteiger partial charge in [-0.05, 0) is 48.7 Å². The van der Waals surface area contributed by atoms with E-state index < -0.39 is 10.0 Å². The average Bonchev–Trinajstić information content (AvgIpc) is 2.77. The van der Waals surface area contributed by atoms with Crippen molar-refractivity contribution in [3.05, 3.63) is 54.1 Å². The zero-order valence-electron chi connectivity index (χ0n) is 18.2. The van der Waals surface area contributed by atoms with Crippen LogP contribution in [0, 0.1) is 0 Å². The Balaban J connectivity index is 1.42. The zero-order valence-corrected chi connectivity index (χ0v) is 19.0. The van der Waals surface area contributed by atoms with Gasteiger partial charge in [-0.25, -0.2) is 13.1 Å². The van der Waals surface area contributed by atoms with E-state index in [1.54, 1.807) is 19.2 Å². The first-order valence-electron chi connectivity index (χ1n) is 10.6. The molecule has 1 aliphatic heterocycles. The molecule has 30 heavy (non-hydrogen) atoms. The van der Waals surface area contributed by atoms with Gasteiger partial charge in [0.25, 0.3) is 0 Å². The Morgan fingerprint density at radius 2 is 1.67 bits per heavy atom. The van der Waals surface area contributed by atoms with Crippen molar-refractivity contribution in [1.82, 2.24) is 9.62 Å². The van der Waals surface area contributed by atoms with Gasteiger partial charge in [-0.15, -0.1) is 0 Å². The molecule has 1 N–H and O–H groups in total. The quantitative estimate of drug-likeness (QED) is 0.617. The van der Waals surface area contributed by atoms with Crippen LogP contribution in [0.15, 0.2) is 53.4 Å². The number of benzene rings is 2. The largest absolute Gasteiger partial charge is 0.495 e. The number of sulfonamides is 1. The summed E-state index contributed by atoms with van der Waals surface area (Å²) in [5.41, 5.74) is 2.28. The summed E-state index contributed by atoms with van der Waals surface area (Å²) in [6, 6.07) is 15.3. The first-order chi connectivity index (χ1) is 14.4. The smallest absolute Gasteiger partial charge is 0.240 e. The maximum Gasteiger partial charge on any atom is 0.240 e. The highest BCUT2D eigenvalue weighted by Gasteiger charge is 2.19. The molecule has 0 amide bonds. The Kier molecular flexibility index (Phi) is 7.75. The Hall–Kier alpha value is -2.09. The van der Waals surface area contributed by atoms with Gasteiger partial charge in [-0.2, -0.15) is 0 Å². The number of methoxy groups -OCH3 is 1. The number of hydrogen-bond donors (Lipinski definition) is 1. The second kappa shape index (κ2) is 10.3. The molecule has 0 aliphatic carbocycles. The van der Waals surface area contributed by atoms with Crippen molar-refractivity contribution in [1.29, 1.82) is 0 Å². The Morgan fingerprint density at radius 1 is 1.00 bits per heavy atom. The standard InChI is InChI=1S/C23H33N3O3S/c1-19(2)20-9-11-21(12-10-20)30(27,28)24-13-6-14-25-15-17-26(18-16-25)22-7-4-5-8-23(22)29-3/h4-5,7-12,19,24H,6,13-18H2,1-3H3. The van der Waals surface area contributed by atoms with Crippen LogP contribution in [0.1, 0.15) is 31.7 Å². The van der Waals surface area contributed by atoms with Crippen LogP contribution < -0.4 is 14.4 Å². The van der Waals surface area contributed by atoms with Crippen molar-refractivity contribution in [3.8, 4) is 5.75 Å². The van der Waals surface area contributed by atoms with E-state index in [0.717, 1.165) is 56.1 Å². The highest BCUT2D eigenvalue weighted by atomic mass is 32.2. The van der Waals surface area contributed by atoms with Crippen molar-refractivity contribution < 1.29 is 13.2 Å². The number of nitrogens with zero attached hydrogens (tertiary/aromatic N) is 2. The molecule has 0 bridgehead atoms. The van der Waals surface area contributed by atoms with Crippen molar-refractivity contribution in [2.24, 2.45) is 0 Å². The van der Waals surface area contributed by atoms with E-state index in [4.69, 9.17) is 4.74 Å². The fraction of sp³-hybridized carbons (Fsp3) is 0.478. The molecule has 1 heterocycles. The Labute approximate surface area is 180 Å². The number of hydrogen-bond acceptors (Lipinski definition) is 5. The molecule has 0 atom stereocenters. The number of ether oxygens (including phenoxy) is 1. The molecule has 1 aliphatic rings.